The topological polar surface area (TPSA) is 3.24 Å². The summed E-state index contributed by atoms with van der Waals surface area (Å²) in [5.74, 6) is -0.105. The summed E-state index contributed by atoms with van der Waals surface area (Å²) in [6, 6.07) is 7.45. The van der Waals surface area contributed by atoms with E-state index in [2.05, 4.69) is 34.7 Å². The van der Waals surface area contributed by atoms with Gasteiger partial charge in [-0.25, -0.2) is 4.39 Å². The van der Waals surface area contributed by atoms with Crippen molar-refractivity contribution in [3.05, 3.63) is 35.6 Å². The van der Waals surface area contributed by atoms with Crippen LogP contribution in [0.2, 0.25) is 0 Å². The van der Waals surface area contributed by atoms with Crippen LogP contribution in [0, 0.1) is 5.82 Å². The molecular weight excluding hydrogens is 269 g/mol. The summed E-state index contributed by atoms with van der Waals surface area (Å²) in [6.45, 7) is 5.98. The Morgan fingerprint density at radius 2 is 2.00 bits per heavy atom. The van der Waals surface area contributed by atoms with Crippen LogP contribution in [-0.4, -0.2) is 22.8 Å². The molecule has 0 aliphatic rings. The summed E-state index contributed by atoms with van der Waals surface area (Å²) >= 11 is 3.43. The van der Waals surface area contributed by atoms with Crippen LogP contribution < -0.4 is 0 Å². The zero-order valence-electron chi connectivity index (χ0n) is 9.92. The third kappa shape index (κ3) is 4.22. The molecule has 0 aromatic heterocycles. The Hall–Kier alpha value is -0.410. The maximum atomic E-state index is 13.5. The Morgan fingerprint density at radius 3 is 2.56 bits per heavy atom. The van der Waals surface area contributed by atoms with Gasteiger partial charge >= 0.3 is 0 Å². The molecule has 0 N–H and O–H groups in total. The number of hydrogen-bond acceptors (Lipinski definition) is 1. The van der Waals surface area contributed by atoms with Crippen molar-refractivity contribution in [2.24, 2.45) is 0 Å². The smallest absolute Gasteiger partial charge is 0.127 e. The zero-order valence-corrected chi connectivity index (χ0v) is 11.5. The lowest BCUT2D eigenvalue weighted by molar-refractivity contribution is 0.211. The molecule has 3 heteroatoms. The largest absolute Gasteiger partial charge is 0.297 e. The van der Waals surface area contributed by atoms with Crippen LogP contribution in [0.25, 0.3) is 0 Å². The van der Waals surface area contributed by atoms with E-state index in [0.29, 0.717) is 12.6 Å². The number of alkyl halides is 1. The molecule has 0 spiro atoms. The van der Waals surface area contributed by atoms with E-state index in [1.807, 2.05) is 12.1 Å². The Morgan fingerprint density at radius 1 is 1.31 bits per heavy atom. The van der Waals surface area contributed by atoms with Gasteiger partial charge in [0.15, 0.2) is 0 Å². The van der Waals surface area contributed by atoms with Crippen LogP contribution >= 0.6 is 15.9 Å². The van der Waals surface area contributed by atoms with Gasteiger partial charge in [0, 0.05) is 23.5 Å². The maximum absolute atomic E-state index is 13.5. The number of hydrogen-bond donors (Lipinski definition) is 0. The summed E-state index contributed by atoms with van der Waals surface area (Å²) < 4.78 is 13.5. The van der Waals surface area contributed by atoms with Crippen LogP contribution in [0.15, 0.2) is 24.3 Å². The van der Waals surface area contributed by atoms with Crippen molar-refractivity contribution in [2.45, 2.75) is 32.9 Å². The molecule has 0 unspecified atom stereocenters. The van der Waals surface area contributed by atoms with Gasteiger partial charge in [0.2, 0.25) is 0 Å². The molecule has 0 saturated heterocycles. The predicted molar refractivity (Wildman–Crippen MR) is 70.4 cm³/mol. The molecule has 0 aliphatic heterocycles. The lowest BCUT2D eigenvalue weighted by Crippen LogP contribution is -2.31. The summed E-state index contributed by atoms with van der Waals surface area (Å²) in [6.07, 6.45) is 1.09. The molecule has 0 aliphatic carbocycles. The molecule has 0 saturated carbocycles. The van der Waals surface area contributed by atoms with Crippen molar-refractivity contribution >= 4 is 15.9 Å². The second-order valence-electron chi connectivity index (χ2n) is 4.20. The molecule has 0 fully saturated rings. The maximum Gasteiger partial charge on any atom is 0.127 e. The van der Waals surface area contributed by atoms with Gasteiger partial charge in [-0.05, 0) is 32.9 Å². The van der Waals surface area contributed by atoms with Gasteiger partial charge in [-0.1, -0.05) is 34.1 Å². The molecule has 0 radical (unpaired) electrons. The van der Waals surface area contributed by atoms with Crippen LogP contribution in [0.3, 0.4) is 0 Å². The van der Waals surface area contributed by atoms with Gasteiger partial charge in [0.25, 0.3) is 0 Å². The summed E-state index contributed by atoms with van der Waals surface area (Å²) in [5, 5.41) is 0.994. The van der Waals surface area contributed by atoms with Crippen molar-refractivity contribution in [2.75, 3.05) is 11.9 Å². The normalized spacial score (nSPS) is 11.4. The van der Waals surface area contributed by atoms with Crippen LogP contribution in [0.1, 0.15) is 25.8 Å². The van der Waals surface area contributed by atoms with E-state index in [-0.39, 0.29) is 5.82 Å². The van der Waals surface area contributed by atoms with Gasteiger partial charge in [-0.3, -0.25) is 4.90 Å². The summed E-state index contributed by atoms with van der Waals surface area (Å²) in [5.41, 5.74) is 0.783. The first kappa shape index (κ1) is 13.7. The SMILES string of the molecule is CC(C)N(CCCBr)Cc1ccccc1F. The van der Waals surface area contributed by atoms with Gasteiger partial charge in [-0.15, -0.1) is 0 Å². The second kappa shape index (κ2) is 7.02. The Kier molecular flexibility index (Phi) is 5.99. The fourth-order valence-corrected chi connectivity index (χ4v) is 1.88. The predicted octanol–water partition coefficient (Wildman–Crippen LogP) is 3.82. The number of halogens is 2. The van der Waals surface area contributed by atoms with E-state index >= 15 is 0 Å². The van der Waals surface area contributed by atoms with E-state index < -0.39 is 0 Å². The minimum absolute atomic E-state index is 0.105. The molecule has 1 rings (SSSR count). The Labute approximate surface area is 106 Å². The Bertz CT molecular complexity index is 315. The standard InChI is InChI=1S/C13H19BrFN/c1-11(2)16(9-5-8-14)10-12-6-3-4-7-13(12)15/h3-4,6-7,11H,5,8-10H2,1-2H3. The third-order valence-corrected chi connectivity index (χ3v) is 3.20. The van der Waals surface area contributed by atoms with Crippen LogP contribution in [0.4, 0.5) is 4.39 Å². The van der Waals surface area contributed by atoms with Gasteiger partial charge in [0.05, 0.1) is 0 Å². The third-order valence-electron chi connectivity index (χ3n) is 2.64. The van der Waals surface area contributed by atoms with Crippen molar-refractivity contribution in [1.29, 1.82) is 0 Å². The van der Waals surface area contributed by atoms with Crippen molar-refractivity contribution < 1.29 is 4.39 Å². The molecule has 1 aromatic carbocycles. The molecule has 90 valence electrons. The molecule has 16 heavy (non-hydrogen) atoms. The molecule has 0 bridgehead atoms. The first-order valence-corrected chi connectivity index (χ1v) is 6.80. The molecule has 0 heterocycles. The highest BCUT2D eigenvalue weighted by Crippen LogP contribution is 2.12. The lowest BCUT2D eigenvalue weighted by Gasteiger charge is -2.26. The van der Waals surface area contributed by atoms with Gasteiger partial charge in [-0.2, -0.15) is 0 Å². The minimum atomic E-state index is -0.105. The van der Waals surface area contributed by atoms with Crippen LogP contribution in [0.5, 0.6) is 0 Å². The highest BCUT2D eigenvalue weighted by atomic mass is 79.9. The van der Waals surface area contributed by atoms with E-state index in [4.69, 9.17) is 0 Å². The zero-order chi connectivity index (χ0) is 12.0. The quantitative estimate of drug-likeness (QED) is 0.719. The van der Waals surface area contributed by atoms with E-state index in [0.717, 1.165) is 23.9 Å². The van der Waals surface area contributed by atoms with Gasteiger partial charge in [0.1, 0.15) is 5.82 Å². The highest BCUT2D eigenvalue weighted by molar-refractivity contribution is 9.09. The second-order valence-corrected chi connectivity index (χ2v) is 4.99. The molecular formula is C13H19BrFN. The molecule has 1 aromatic rings. The highest BCUT2D eigenvalue weighted by Gasteiger charge is 2.11. The van der Waals surface area contributed by atoms with E-state index in [9.17, 15) is 4.39 Å². The Balaban J connectivity index is 2.64. The number of nitrogens with zero attached hydrogens (tertiary/aromatic N) is 1. The average molecular weight is 288 g/mol. The summed E-state index contributed by atoms with van der Waals surface area (Å²) in [4.78, 5) is 2.29. The molecule has 1 nitrogen and oxygen atoms in total. The van der Waals surface area contributed by atoms with E-state index in [1.54, 1.807) is 6.07 Å². The fraction of sp³-hybridized carbons (Fsp3) is 0.538. The summed E-state index contributed by atoms with van der Waals surface area (Å²) in [7, 11) is 0. The number of rotatable bonds is 6. The number of benzene rings is 1. The fourth-order valence-electron chi connectivity index (χ4n) is 1.63. The van der Waals surface area contributed by atoms with E-state index in [1.165, 1.54) is 6.07 Å². The average Bonchev–Trinajstić information content (AvgIpc) is 2.26. The van der Waals surface area contributed by atoms with Crippen molar-refractivity contribution in [3.63, 3.8) is 0 Å². The van der Waals surface area contributed by atoms with Gasteiger partial charge < -0.3 is 0 Å². The minimum Gasteiger partial charge on any atom is -0.297 e. The molecule has 0 atom stereocenters. The lowest BCUT2D eigenvalue weighted by atomic mass is 10.1. The monoisotopic (exact) mass is 287 g/mol. The first-order chi connectivity index (χ1) is 7.65. The first-order valence-electron chi connectivity index (χ1n) is 5.68. The molecule has 0 amide bonds. The van der Waals surface area contributed by atoms with Crippen molar-refractivity contribution in [1.82, 2.24) is 4.90 Å². The van der Waals surface area contributed by atoms with Crippen molar-refractivity contribution in [3.8, 4) is 0 Å². The van der Waals surface area contributed by atoms with Crippen LogP contribution in [-0.2, 0) is 6.54 Å².